The van der Waals surface area contributed by atoms with Crippen LogP contribution in [0.4, 0.5) is 0 Å². The third kappa shape index (κ3) is 5.83. The van der Waals surface area contributed by atoms with Crippen molar-refractivity contribution in [3.05, 3.63) is 0 Å². The van der Waals surface area contributed by atoms with Gasteiger partial charge in [-0.2, -0.15) is 0 Å². The predicted molar refractivity (Wildman–Crippen MR) is 66.5 cm³/mol. The number of hydrogen-bond donors (Lipinski definition) is 1. The molecule has 1 saturated carbocycles. The molecule has 0 saturated heterocycles. The van der Waals surface area contributed by atoms with Crippen LogP contribution in [0.1, 0.15) is 46.0 Å². The van der Waals surface area contributed by atoms with Gasteiger partial charge in [-0.05, 0) is 18.8 Å². The highest BCUT2D eigenvalue weighted by atomic mass is 16.5. The largest absolute Gasteiger partial charge is 0.379 e. The van der Waals surface area contributed by atoms with Crippen LogP contribution in [0.3, 0.4) is 0 Å². The Kier molecular flexibility index (Phi) is 7.01. The van der Waals surface area contributed by atoms with E-state index in [9.17, 15) is 0 Å². The number of ether oxygens (including phenoxy) is 2. The number of nitrogens with two attached hydrogens (primary N) is 1. The highest BCUT2D eigenvalue weighted by Gasteiger charge is 2.20. The van der Waals surface area contributed by atoms with E-state index in [1.54, 1.807) is 0 Å². The maximum atomic E-state index is 6.08. The maximum absolute atomic E-state index is 6.08. The van der Waals surface area contributed by atoms with Gasteiger partial charge in [-0.3, -0.25) is 0 Å². The molecule has 2 N–H and O–H groups in total. The lowest BCUT2D eigenvalue weighted by Crippen LogP contribution is -2.36. The summed E-state index contributed by atoms with van der Waals surface area (Å²) in [5.74, 6) is 0.597. The number of rotatable bonds is 6. The minimum Gasteiger partial charge on any atom is -0.379 e. The minimum absolute atomic E-state index is 0.229. The average molecular weight is 229 g/mol. The van der Waals surface area contributed by atoms with Gasteiger partial charge in [0.25, 0.3) is 0 Å². The predicted octanol–water partition coefficient (Wildman–Crippen LogP) is 2.34. The Bertz CT molecular complexity index is 173. The van der Waals surface area contributed by atoms with Crippen LogP contribution in [0.2, 0.25) is 0 Å². The summed E-state index contributed by atoms with van der Waals surface area (Å²) in [7, 11) is 0. The van der Waals surface area contributed by atoms with Gasteiger partial charge >= 0.3 is 0 Å². The van der Waals surface area contributed by atoms with Gasteiger partial charge in [-0.15, -0.1) is 0 Å². The molecule has 3 heteroatoms. The lowest BCUT2D eigenvalue weighted by Gasteiger charge is -2.21. The first-order chi connectivity index (χ1) is 7.70. The van der Waals surface area contributed by atoms with Crippen LogP contribution in [0.15, 0.2) is 0 Å². The highest BCUT2D eigenvalue weighted by molar-refractivity contribution is 4.76. The summed E-state index contributed by atoms with van der Waals surface area (Å²) in [5.41, 5.74) is 6.08. The standard InChI is InChI=1S/C13H27NO2/c1-11(2)10-15-8-9-16-13-7-5-3-4-6-12(13)14/h11-13H,3-10,14H2,1-2H3. The maximum Gasteiger partial charge on any atom is 0.0727 e. The van der Waals surface area contributed by atoms with Crippen molar-refractivity contribution < 1.29 is 9.47 Å². The normalized spacial score (nSPS) is 27.0. The first-order valence-electron chi connectivity index (χ1n) is 6.65. The molecule has 0 bridgehead atoms. The lowest BCUT2D eigenvalue weighted by molar-refractivity contribution is -0.0129. The molecular weight excluding hydrogens is 202 g/mol. The van der Waals surface area contributed by atoms with E-state index in [1.165, 1.54) is 19.3 Å². The molecule has 0 heterocycles. The molecular formula is C13H27NO2. The van der Waals surface area contributed by atoms with E-state index >= 15 is 0 Å². The molecule has 0 aliphatic heterocycles. The van der Waals surface area contributed by atoms with Gasteiger partial charge in [0.2, 0.25) is 0 Å². The van der Waals surface area contributed by atoms with E-state index in [0.29, 0.717) is 19.1 Å². The molecule has 1 rings (SSSR count). The average Bonchev–Trinajstić information content (AvgIpc) is 2.43. The SMILES string of the molecule is CC(C)COCCOC1CCCCCC1N. The molecule has 2 unspecified atom stereocenters. The molecule has 1 aliphatic carbocycles. The fourth-order valence-electron chi connectivity index (χ4n) is 2.09. The Morgan fingerprint density at radius 2 is 1.88 bits per heavy atom. The monoisotopic (exact) mass is 229 g/mol. The fraction of sp³-hybridized carbons (Fsp3) is 1.00. The highest BCUT2D eigenvalue weighted by Crippen LogP contribution is 2.19. The quantitative estimate of drug-likeness (QED) is 0.561. The smallest absolute Gasteiger partial charge is 0.0727 e. The van der Waals surface area contributed by atoms with Gasteiger partial charge in [-0.1, -0.05) is 33.1 Å². The molecule has 2 atom stereocenters. The molecule has 0 spiro atoms. The Morgan fingerprint density at radius 1 is 1.12 bits per heavy atom. The molecule has 16 heavy (non-hydrogen) atoms. The molecule has 0 radical (unpaired) electrons. The van der Waals surface area contributed by atoms with Crippen molar-refractivity contribution in [1.82, 2.24) is 0 Å². The second-order valence-corrected chi connectivity index (χ2v) is 5.18. The van der Waals surface area contributed by atoms with Gasteiger partial charge < -0.3 is 15.2 Å². The summed E-state index contributed by atoms with van der Waals surface area (Å²) < 4.78 is 11.3. The summed E-state index contributed by atoms with van der Waals surface area (Å²) in [6.45, 7) is 6.51. The lowest BCUT2D eigenvalue weighted by atomic mass is 10.1. The van der Waals surface area contributed by atoms with E-state index in [1.807, 2.05) is 0 Å². The molecule has 0 aromatic heterocycles. The van der Waals surface area contributed by atoms with E-state index in [2.05, 4.69) is 13.8 Å². The van der Waals surface area contributed by atoms with Crippen molar-refractivity contribution in [1.29, 1.82) is 0 Å². The second kappa shape index (κ2) is 8.04. The van der Waals surface area contributed by atoms with Crippen LogP contribution in [0, 0.1) is 5.92 Å². The molecule has 0 aromatic rings. The van der Waals surface area contributed by atoms with Gasteiger partial charge in [0.1, 0.15) is 0 Å². The first-order valence-corrected chi connectivity index (χ1v) is 6.65. The van der Waals surface area contributed by atoms with Crippen LogP contribution in [-0.2, 0) is 9.47 Å². The van der Waals surface area contributed by atoms with Crippen molar-refractivity contribution in [3.63, 3.8) is 0 Å². The molecule has 1 aliphatic rings. The van der Waals surface area contributed by atoms with Crippen molar-refractivity contribution >= 4 is 0 Å². The Hall–Kier alpha value is -0.120. The van der Waals surface area contributed by atoms with Crippen LogP contribution >= 0.6 is 0 Å². The van der Waals surface area contributed by atoms with Crippen LogP contribution in [0.5, 0.6) is 0 Å². The summed E-state index contributed by atoms with van der Waals surface area (Å²) in [5, 5.41) is 0. The van der Waals surface area contributed by atoms with Crippen molar-refractivity contribution in [2.75, 3.05) is 19.8 Å². The molecule has 3 nitrogen and oxygen atoms in total. The van der Waals surface area contributed by atoms with Crippen molar-refractivity contribution in [2.45, 2.75) is 58.1 Å². The minimum atomic E-state index is 0.229. The van der Waals surface area contributed by atoms with E-state index in [4.69, 9.17) is 15.2 Å². The van der Waals surface area contributed by atoms with Gasteiger partial charge in [0.05, 0.1) is 19.3 Å². The van der Waals surface area contributed by atoms with Crippen LogP contribution < -0.4 is 5.73 Å². The zero-order valence-corrected chi connectivity index (χ0v) is 10.8. The topological polar surface area (TPSA) is 44.5 Å². The van der Waals surface area contributed by atoms with Gasteiger partial charge in [0.15, 0.2) is 0 Å². The van der Waals surface area contributed by atoms with E-state index < -0.39 is 0 Å². The third-order valence-electron chi connectivity index (χ3n) is 3.01. The molecule has 1 fully saturated rings. The van der Waals surface area contributed by atoms with E-state index in [0.717, 1.165) is 19.4 Å². The number of hydrogen-bond acceptors (Lipinski definition) is 3. The Labute approximate surface area is 99.7 Å². The third-order valence-corrected chi connectivity index (χ3v) is 3.01. The summed E-state index contributed by atoms with van der Waals surface area (Å²) in [6.07, 6.45) is 6.29. The Morgan fingerprint density at radius 3 is 2.62 bits per heavy atom. The molecule has 0 aromatic carbocycles. The zero-order chi connectivity index (χ0) is 11.8. The fourth-order valence-corrected chi connectivity index (χ4v) is 2.09. The zero-order valence-electron chi connectivity index (χ0n) is 10.8. The van der Waals surface area contributed by atoms with Crippen LogP contribution in [-0.4, -0.2) is 32.0 Å². The van der Waals surface area contributed by atoms with Gasteiger partial charge in [-0.25, -0.2) is 0 Å². The first kappa shape index (κ1) is 13.9. The Balaban J connectivity index is 2.06. The summed E-state index contributed by atoms with van der Waals surface area (Å²) in [4.78, 5) is 0. The van der Waals surface area contributed by atoms with Crippen molar-refractivity contribution in [2.24, 2.45) is 11.7 Å². The molecule has 96 valence electrons. The van der Waals surface area contributed by atoms with Crippen LogP contribution in [0.25, 0.3) is 0 Å². The second-order valence-electron chi connectivity index (χ2n) is 5.18. The summed E-state index contributed by atoms with van der Waals surface area (Å²) >= 11 is 0. The van der Waals surface area contributed by atoms with E-state index in [-0.39, 0.29) is 12.1 Å². The van der Waals surface area contributed by atoms with Gasteiger partial charge in [0, 0.05) is 12.6 Å². The van der Waals surface area contributed by atoms with Crippen molar-refractivity contribution in [3.8, 4) is 0 Å². The summed E-state index contributed by atoms with van der Waals surface area (Å²) in [6, 6.07) is 0.229. The molecule has 0 amide bonds.